The van der Waals surface area contributed by atoms with Gasteiger partial charge in [-0.05, 0) is 43.9 Å². The summed E-state index contributed by atoms with van der Waals surface area (Å²) in [7, 11) is -3.33. The van der Waals surface area contributed by atoms with Gasteiger partial charge in [-0.1, -0.05) is 12.1 Å². The molecule has 7 heteroatoms. The fraction of sp³-hybridized carbons (Fsp3) is 0.562. The zero-order valence-corrected chi connectivity index (χ0v) is 14.1. The van der Waals surface area contributed by atoms with E-state index < -0.39 is 10.0 Å². The molecule has 1 heterocycles. The quantitative estimate of drug-likeness (QED) is 0.820. The average Bonchev–Trinajstić information content (AvgIpc) is 2.52. The smallest absolute Gasteiger partial charge is 0.222 e. The summed E-state index contributed by atoms with van der Waals surface area (Å²) in [6.45, 7) is 2.33. The van der Waals surface area contributed by atoms with Gasteiger partial charge in [0.2, 0.25) is 15.9 Å². The molecule has 1 amide bonds. The maximum absolute atomic E-state index is 13.4. The summed E-state index contributed by atoms with van der Waals surface area (Å²) in [4.78, 5) is 13.9. The van der Waals surface area contributed by atoms with Crippen LogP contribution in [-0.2, 0) is 21.2 Å². The maximum atomic E-state index is 13.4. The Morgan fingerprint density at radius 3 is 2.78 bits per heavy atom. The number of nitrogens with zero attached hydrogens (tertiary/aromatic N) is 1. The molecule has 0 unspecified atom stereocenters. The van der Waals surface area contributed by atoms with E-state index in [2.05, 4.69) is 4.72 Å². The van der Waals surface area contributed by atoms with Crippen molar-refractivity contribution in [3.8, 4) is 0 Å². The molecule has 1 aliphatic rings. The minimum Gasteiger partial charge on any atom is -0.338 e. The van der Waals surface area contributed by atoms with Crippen molar-refractivity contribution < 1.29 is 17.6 Å². The standard InChI is InChI=1S/C16H23FN2O3S/c1-2-23(21,22)18-12-15(19-9-4-3-8-16(19)20)11-13-6-5-7-14(17)10-13/h5-7,10,15,18H,2-4,8-9,11-12H2,1H3/t15-/m1/s1. The fourth-order valence-electron chi connectivity index (χ4n) is 2.77. The van der Waals surface area contributed by atoms with Crippen LogP contribution < -0.4 is 4.72 Å². The van der Waals surface area contributed by atoms with Gasteiger partial charge in [0, 0.05) is 25.6 Å². The Kier molecular flexibility index (Phi) is 6.12. The highest BCUT2D eigenvalue weighted by molar-refractivity contribution is 7.89. The topological polar surface area (TPSA) is 66.5 Å². The molecule has 2 rings (SSSR count). The lowest BCUT2D eigenvalue weighted by Gasteiger charge is -2.35. The van der Waals surface area contributed by atoms with Gasteiger partial charge in [0.05, 0.1) is 5.75 Å². The van der Waals surface area contributed by atoms with E-state index in [0.29, 0.717) is 19.4 Å². The summed E-state index contributed by atoms with van der Waals surface area (Å²) in [5.74, 6) is -0.304. The van der Waals surface area contributed by atoms with Gasteiger partial charge in [0.15, 0.2) is 0 Å². The van der Waals surface area contributed by atoms with Gasteiger partial charge in [-0.2, -0.15) is 0 Å². The molecule has 128 valence electrons. The number of sulfonamides is 1. The molecule has 1 N–H and O–H groups in total. The van der Waals surface area contributed by atoms with Gasteiger partial charge in [0.1, 0.15) is 5.82 Å². The Hall–Kier alpha value is -1.47. The van der Waals surface area contributed by atoms with Crippen LogP contribution in [0.2, 0.25) is 0 Å². The molecule has 5 nitrogen and oxygen atoms in total. The van der Waals surface area contributed by atoms with Crippen molar-refractivity contribution in [2.24, 2.45) is 0 Å². The molecular weight excluding hydrogens is 319 g/mol. The molecule has 0 bridgehead atoms. The lowest BCUT2D eigenvalue weighted by Crippen LogP contribution is -2.50. The summed E-state index contributed by atoms with van der Waals surface area (Å²) < 4.78 is 39.3. The number of carbonyl (C=O) groups excluding carboxylic acids is 1. The van der Waals surface area contributed by atoms with Crippen LogP contribution in [0.25, 0.3) is 0 Å². The Balaban J connectivity index is 2.14. The number of nitrogens with one attached hydrogen (secondary N) is 1. The van der Waals surface area contributed by atoms with Crippen molar-refractivity contribution in [3.63, 3.8) is 0 Å². The number of piperidine rings is 1. The van der Waals surface area contributed by atoms with Crippen LogP contribution in [0.15, 0.2) is 24.3 Å². The molecule has 1 atom stereocenters. The van der Waals surface area contributed by atoms with Crippen molar-refractivity contribution in [2.75, 3.05) is 18.8 Å². The SMILES string of the molecule is CCS(=O)(=O)NC[C@@H](Cc1cccc(F)c1)N1CCCCC1=O. The molecule has 0 aliphatic carbocycles. The molecule has 1 fully saturated rings. The zero-order valence-electron chi connectivity index (χ0n) is 13.3. The molecule has 0 spiro atoms. The van der Waals surface area contributed by atoms with E-state index in [0.717, 1.165) is 18.4 Å². The Bertz CT molecular complexity index is 648. The van der Waals surface area contributed by atoms with Crippen LogP contribution in [-0.4, -0.2) is 44.1 Å². The molecule has 1 aromatic carbocycles. The summed E-state index contributed by atoms with van der Waals surface area (Å²) in [6.07, 6.45) is 2.69. The first-order chi connectivity index (χ1) is 10.9. The van der Waals surface area contributed by atoms with E-state index in [4.69, 9.17) is 0 Å². The van der Waals surface area contributed by atoms with E-state index in [1.54, 1.807) is 24.0 Å². The number of halogens is 1. The molecule has 1 saturated heterocycles. The van der Waals surface area contributed by atoms with Crippen LogP contribution in [0.1, 0.15) is 31.7 Å². The third-order valence-electron chi connectivity index (χ3n) is 4.08. The first-order valence-electron chi connectivity index (χ1n) is 7.92. The van der Waals surface area contributed by atoms with Gasteiger partial charge in [0.25, 0.3) is 0 Å². The third kappa shape index (κ3) is 5.28. The molecule has 1 aliphatic heterocycles. The predicted molar refractivity (Wildman–Crippen MR) is 86.9 cm³/mol. The highest BCUT2D eigenvalue weighted by Gasteiger charge is 2.27. The molecule has 0 aromatic heterocycles. The van der Waals surface area contributed by atoms with Gasteiger partial charge in [-0.15, -0.1) is 0 Å². The predicted octanol–water partition coefficient (Wildman–Crippen LogP) is 1.69. The number of hydrogen-bond acceptors (Lipinski definition) is 3. The van der Waals surface area contributed by atoms with Crippen molar-refractivity contribution >= 4 is 15.9 Å². The molecule has 23 heavy (non-hydrogen) atoms. The summed E-state index contributed by atoms with van der Waals surface area (Å²) in [5, 5.41) is 0. The van der Waals surface area contributed by atoms with Gasteiger partial charge in [-0.25, -0.2) is 17.5 Å². The van der Waals surface area contributed by atoms with Gasteiger partial charge >= 0.3 is 0 Å². The molecule has 0 saturated carbocycles. The summed E-state index contributed by atoms with van der Waals surface area (Å²) in [6, 6.07) is 5.90. The first-order valence-corrected chi connectivity index (χ1v) is 9.58. The Labute approximate surface area is 136 Å². The lowest BCUT2D eigenvalue weighted by molar-refractivity contribution is -0.135. The normalized spacial score (nSPS) is 17.3. The van der Waals surface area contributed by atoms with E-state index in [1.165, 1.54) is 12.1 Å². The molecular formula is C16H23FN2O3S. The molecule has 0 radical (unpaired) electrons. The third-order valence-corrected chi connectivity index (χ3v) is 5.45. The zero-order chi connectivity index (χ0) is 16.9. The number of rotatable bonds is 7. The second-order valence-corrected chi connectivity index (χ2v) is 7.88. The van der Waals surface area contributed by atoms with Crippen LogP contribution in [0, 0.1) is 5.82 Å². The molecule has 1 aromatic rings. The number of likely N-dealkylation sites (tertiary alicyclic amines) is 1. The van der Waals surface area contributed by atoms with Crippen LogP contribution in [0.3, 0.4) is 0 Å². The van der Waals surface area contributed by atoms with E-state index in [9.17, 15) is 17.6 Å². The second kappa shape index (κ2) is 7.88. The summed E-state index contributed by atoms with van der Waals surface area (Å²) >= 11 is 0. The average molecular weight is 342 g/mol. The van der Waals surface area contributed by atoms with Gasteiger partial charge in [-0.3, -0.25) is 4.79 Å². The largest absolute Gasteiger partial charge is 0.338 e. The van der Waals surface area contributed by atoms with Crippen molar-refractivity contribution in [3.05, 3.63) is 35.6 Å². The number of benzene rings is 1. The highest BCUT2D eigenvalue weighted by atomic mass is 32.2. The first kappa shape index (κ1) is 17.9. The van der Waals surface area contributed by atoms with E-state index >= 15 is 0 Å². The fourth-order valence-corrected chi connectivity index (χ4v) is 3.42. The van der Waals surface area contributed by atoms with Gasteiger partial charge < -0.3 is 4.90 Å². The van der Waals surface area contributed by atoms with Crippen LogP contribution >= 0.6 is 0 Å². The summed E-state index contributed by atoms with van der Waals surface area (Å²) in [5.41, 5.74) is 0.754. The number of hydrogen-bond donors (Lipinski definition) is 1. The maximum Gasteiger partial charge on any atom is 0.222 e. The Morgan fingerprint density at radius 2 is 2.13 bits per heavy atom. The minimum atomic E-state index is -3.33. The second-order valence-electron chi connectivity index (χ2n) is 5.78. The van der Waals surface area contributed by atoms with Crippen molar-refractivity contribution in [1.29, 1.82) is 0 Å². The van der Waals surface area contributed by atoms with E-state index in [-0.39, 0.29) is 30.1 Å². The van der Waals surface area contributed by atoms with Crippen molar-refractivity contribution in [1.82, 2.24) is 9.62 Å². The number of carbonyl (C=O) groups is 1. The lowest BCUT2D eigenvalue weighted by atomic mass is 10.0. The highest BCUT2D eigenvalue weighted by Crippen LogP contribution is 2.17. The number of amides is 1. The van der Waals surface area contributed by atoms with E-state index in [1.807, 2.05) is 0 Å². The van der Waals surface area contributed by atoms with Crippen LogP contribution in [0.4, 0.5) is 4.39 Å². The monoisotopic (exact) mass is 342 g/mol. The Morgan fingerprint density at radius 1 is 1.35 bits per heavy atom. The van der Waals surface area contributed by atoms with Crippen molar-refractivity contribution in [2.45, 2.75) is 38.6 Å². The van der Waals surface area contributed by atoms with Crippen LogP contribution in [0.5, 0.6) is 0 Å². The minimum absolute atomic E-state index is 0.00632.